The van der Waals surface area contributed by atoms with Crippen molar-refractivity contribution in [3.8, 4) is 5.75 Å². The molecule has 1 aromatic heterocycles. The van der Waals surface area contributed by atoms with E-state index in [1.165, 1.54) is 5.56 Å². The predicted molar refractivity (Wildman–Crippen MR) is 136 cm³/mol. The standard InChI is InChI=1S/C19H25N2O2.Co.3HI/c1-12(2)14-9-15-16(10-21(5)6)18(23-11-22)8-7-17(15)20-19(14)13(3)4;;;;/h7-9,12-13H,10H2,1-6H3;;3*1H/q-1;+3;;;/p-3. The molecule has 2 aromatic rings. The maximum absolute atomic E-state index is 10.7. The van der Waals surface area contributed by atoms with Gasteiger partial charge in [0.15, 0.2) is 6.47 Å². The van der Waals surface area contributed by atoms with Gasteiger partial charge in [-0.25, -0.2) is 0 Å². The first-order chi connectivity index (χ1) is 12.6. The third kappa shape index (κ3) is 8.19. The summed E-state index contributed by atoms with van der Waals surface area (Å²) in [5, 5.41) is 1.04. The second-order valence-electron chi connectivity index (χ2n) is 6.95. The van der Waals surface area contributed by atoms with E-state index in [2.05, 4.69) is 99.9 Å². The van der Waals surface area contributed by atoms with E-state index in [9.17, 15) is 4.79 Å². The third-order valence-electron chi connectivity index (χ3n) is 3.92. The van der Waals surface area contributed by atoms with E-state index in [1.54, 1.807) is 12.5 Å². The number of rotatable bonds is 6. The molecule has 0 atom stereocenters. The van der Waals surface area contributed by atoms with E-state index in [4.69, 9.17) is 9.72 Å². The van der Waals surface area contributed by atoms with Crippen molar-refractivity contribution in [1.29, 1.82) is 0 Å². The minimum atomic E-state index is 0.306. The van der Waals surface area contributed by atoms with E-state index in [0.717, 1.165) is 22.2 Å². The van der Waals surface area contributed by atoms with E-state index < -0.39 is 0 Å². The van der Waals surface area contributed by atoms with Gasteiger partial charge < -0.3 is 14.4 Å². The quantitative estimate of drug-likeness (QED) is 0.245. The number of hydrogen-bond donors (Lipinski definition) is 0. The number of aromatic nitrogens is 1. The fraction of sp³-hybridized carbons (Fsp3) is 0.474. The van der Waals surface area contributed by atoms with Crippen LogP contribution in [0.3, 0.4) is 0 Å². The molecule has 0 aliphatic heterocycles. The van der Waals surface area contributed by atoms with Gasteiger partial charge in [0.05, 0.1) is 5.52 Å². The molecular formula is C19H25CoI3N2O2-. The molecule has 0 radical (unpaired) electrons. The Kier molecular flexibility index (Phi) is 11.9. The van der Waals surface area contributed by atoms with Crippen LogP contribution in [0.25, 0.3) is 10.9 Å². The molecule has 2 rings (SSSR count). The van der Waals surface area contributed by atoms with Gasteiger partial charge in [-0.3, -0.25) is 4.98 Å². The Labute approximate surface area is 200 Å². The van der Waals surface area contributed by atoms with E-state index in [-0.39, 0.29) is 0 Å². The van der Waals surface area contributed by atoms with Crippen LogP contribution in [0.1, 0.15) is 56.4 Å². The minimum absolute atomic E-state index is 0.306. The first-order valence-corrected chi connectivity index (χ1v) is 18.5. The van der Waals surface area contributed by atoms with Gasteiger partial charge in [-0.05, 0) is 48.7 Å². The van der Waals surface area contributed by atoms with Gasteiger partial charge >= 0.3 is 65.3 Å². The Morgan fingerprint density at radius 1 is 1.15 bits per heavy atom. The van der Waals surface area contributed by atoms with Crippen LogP contribution in [0.4, 0.5) is 0 Å². The molecule has 0 saturated carbocycles. The fourth-order valence-corrected chi connectivity index (χ4v) is 2.86. The summed E-state index contributed by atoms with van der Waals surface area (Å²) in [7, 11) is 3.99. The molecule has 1 aromatic carbocycles. The molecule has 0 unspecified atom stereocenters. The number of nitrogens with zero attached hydrogens (tertiary/aromatic N) is 2. The number of carbonyl (C=O) groups excluding carboxylic acids is 1. The van der Waals surface area contributed by atoms with Crippen molar-refractivity contribution in [2.45, 2.75) is 46.1 Å². The maximum atomic E-state index is 10.7. The summed E-state index contributed by atoms with van der Waals surface area (Å²) in [6, 6.07) is 5.92. The van der Waals surface area contributed by atoms with Gasteiger partial charge in [0.2, 0.25) is 0 Å². The van der Waals surface area contributed by atoms with Crippen LogP contribution >= 0.6 is 61.2 Å². The van der Waals surface area contributed by atoms with Gasteiger partial charge in [0.1, 0.15) is 0 Å². The number of ether oxygens (including phenoxy) is 1. The Morgan fingerprint density at radius 3 is 2.19 bits per heavy atom. The Morgan fingerprint density at radius 2 is 1.74 bits per heavy atom. The SMILES string of the molecule is CC(C)c1cc2c(CN(C)C)c(O[C-]=O)ccc2nc1C(C)C.[I][Co]([I])[I]. The van der Waals surface area contributed by atoms with Crippen molar-refractivity contribution in [3.63, 3.8) is 0 Å². The number of fused-ring (bicyclic) bond motifs is 1. The second-order valence-corrected chi connectivity index (χ2v) is 33.3. The molecular weight excluding hydrogens is 728 g/mol. The third-order valence-corrected chi connectivity index (χ3v) is 3.92. The summed E-state index contributed by atoms with van der Waals surface area (Å²) in [5.74, 6) is 1.31. The van der Waals surface area contributed by atoms with Gasteiger partial charge in [-0.15, -0.1) is 6.07 Å². The van der Waals surface area contributed by atoms with E-state index in [1.807, 2.05) is 20.2 Å². The summed E-state index contributed by atoms with van der Waals surface area (Å²) in [6.45, 7) is 10.9. The van der Waals surface area contributed by atoms with Gasteiger partial charge in [0, 0.05) is 12.2 Å². The molecule has 1 heterocycles. The van der Waals surface area contributed by atoms with Crippen LogP contribution in [-0.2, 0) is 15.3 Å². The molecule has 0 aliphatic rings. The first kappa shape index (κ1) is 25.8. The molecule has 0 bridgehead atoms. The molecule has 0 saturated heterocycles. The molecule has 4 nitrogen and oxygen atoms in total. The van der Waals surface area contributed by atoms with Crippen LogP contribution in [0.15, 0.2) is 18.2 Å². The van der Waals surface area contributed by atoms with Crippen molar-refractivity contribution in [1.82, 2.24) is 9.88 Å². The first-order valence-electron chi connectivity index (χ1n) is 8.38. The summed E-state index contributed by atoms with van der Waals surface area (Å²) >= 11 is 7.14. The Hall–Kier alpha value is 0.756. The van der Waals surface area contributed by atoms with Crippen LogP contribution in [0.2, 0.25) is 0 Å². The molecule has 0 spiro atoms. The molecule has 0 aliphatic carbocycles. The monoisotopic (exact) mass is 753 g/mol. The van der Waals surface area contributed by atoms with E-state index in [0.29, 0.717) is 28.1 Å². The zero-order valence-electron chi connectivity index (χ0n) is 16.3. The fourth-order valence-electron chi connectivity index (χ4n) is 2.86. The average molecular weight is 753 g/mol. The number of benzene rings is 1. The van der Waals surface area contributed by atoms with E-state index >= 15 is 0 Å². The van der Waals surface area contributed by atoms with Crippen molar-refractivity contribution in [2.75, 3.05) is 14.1 Å². The van der Waals surface area contributed by atoms with Crippen LogP contribution in [0.5, 0.6) is 5.75 Å². The van der Waals surface area contributed by atoms with Crippen molar-refractivity contribution < 1.29 is 13.5 Å². The number of pyridine rings is 1. The summed E-state index contributed by atoms with van der Waals surface area (Å²) < 4.78 is 5.37. The van der Waals surface area contributed by atoms with Crippen molar-refractivity contribution in [2.24, 2.45) is 0 Å². The summed E-state index contributed by atoms with van der Waals surface area (Å²) in [4.78, 5) is 17.6. The average Bonchev–Trinajstić information content (AvgIpc) is 2.54. The van der Waals surface area contributed by atoms with Gasteiger partial charge in [-0.2, -0.15) is 0 Å². The van der Waals surface area contributed by atoms with Crippen LogP contribution in [0, 0.1) is 0 Å². The Bertz CT molecular complexity index is 765. The van der Waals surface area contributed by atoms with Gasteiger partial charge in [-0.1, -0.05) is 39.3 Å². The Balaban J connectivity index is 0.000000828. The summed E-state index contributed by atoms with van der Waals surface area (Å²) in [5.41, 5.74) is 4.30. The summed E-state index contributed by atoms with van der Waals surface area (Å²) in [6.07, 6.45) is 0. The molecule has 154 valence electrons. The van der Waals surface area contributed by atoms with Crippen molar-refractivity contribution in [3.05, 3.63) is 35.0 Å². The van der Waals surface area contributed by atoms with Crippen molar-refractivity contribution >= 4 is 78.6 Å². The molecule has 0 fully saturated rings. The van der Waals surface area contributed by atoms with Crippen LogP contribution < -0.4 is 4.74 Å². The number of hydrogen-bond acceptors (Lipinski definition) is 4. The molecule has 0 amide bonds. The second kappa shape index (κ2) is 12.5. The van der Waals surface area contributed by atoms with Gasteiger partial charge in [0.25, 0.3) is 0 Å². The van der Waals surface area contributed by atoms with Crippen LogP contribution in [-0.4, -0.2) is 30.5 Å². The zero-order chi connectivity index (χ0) is 20.7. The normalized spacial score (nSPS) is 11.6. The topological polar surface area (TPSA) is 42.4 Å². The predicted octanol–water partition coefficient (Wildman–Crippen LogP) is 6.64. The number of halogens is 3. The zero-order valence-corrected chi connectivity index (χ0v) is 23.8. The molecule has 27 heavy (non-hydrogen) atoms. The molecule has 8 heteroatoms. The molecule has 0 N–H and O–H groups in total.